The standard InChI is InChI=1S/C23H26N4O4S/c1-4-25(5-2)14-15-26(23-24-20-12-11-19(31-3)16-21(20)32-23)22(28)13-8-17-6-9-18(10-7-17)27(29)30/h6-13,16H,4-5,14-15H2,1-3H3/b13-8-. The van der Waals surface area contributed by atoms with Gasteiger partial charge in [-0.3, -0.25) is 19.8 Å². The van der Waals surface area contributed by atoms with Crippen molar-refractivity contribution in [2.24, 2.45) is 0 Å². The van der Waals surface area contributed by atoms with E-state index in [0.29, 0.717) is 17.2 Å². The summed E-state index contributed by atoms with van der Waals surface area (Å²) >= 11 is 1.44. The molecule has 0 unspecified atom stereocenters. The lowest BCUT2D eigenvalue weighted by Crippen LogP contribution is -2.38. The zero-order valence-electron chi connectivity index (χ0n) is 18.4. The van der Waals surface area contributed by atoms with Crippen LogP contribution in [-0.2, 0) is 4.79 Å². The van der Waals surface area contributed by atoms with Crippen LogP contribution in [0.25, 0.3) is 16.3 Å². The predicted molar refractivity (Wildman–Crippen MR) is 128 cm³/mol. The van der Waals surface area contributed by atoms with Gasteiger partial charge in [0.25, 0.3) is 11.6 Å². The van der Waals surface area contributed by atoms with E-state index in [2.05, 4.69) is 23.7 Å². The summed E-state index contributed by atoms with van der Waals surface area (Å²) in [5.74, 6) is 0.549. The topological polar surface area (TPSA) is 88.8 Å². The second-order valence-corrected chi connectivity index (χ2v) is 8.04. The van der Waals surface area contributed by atoms with E-state index in [4.69, 9.17) is 4.74 Å². The molecule has 3 aromatic rings. The van der Waals surface area contributed by atoms with Crippen LogP contribution in [0.15, 0.2) is 48.5 Å². The second kappa shape index (κ2) is 10.8. The Hall–Kier alpha value is -3.30. The number of non-ortho nitro benzene ring substituents is 1. The van der Waals surface area contributed by atoms with Gasteiger partial charge in [0.05, 0.1) is 22.2 Å². The molecule has 1 aromatic heterocycles. The summed E-state index contributed by atoms with van der Waals surface area (Å²) < 4.78 is 6.24. The number of fused-ring (bicyclic) bond motifs is 1. The Morgan fingerprint density at radius 3 is 2.50 bits per heavy atom. The maximum absolute atomic E-state index is 13.1. The molecule has 9 heteroatoms. The molecular formula is C23H26N4O4S. The van der Waals surface area contributed by atoms with Crippen LogP contribution in [0.1, 0.15) is 19.4 Å². The van der Waals surface area contributed by atoms with Crippen LogP contribution < -0.4 is 9.64 Å². The molecule has 0 spiro atoms. The first-order valence-corrected chi connectivity index (χ1v) is 11.2. The fourth-order valence-electron chi connectivity index (χ4n) is 3.18. The van der Waals surface area contributed by atoms with Crippen LogP contribution >= 0.6 is 11.3 Å². The van der Waals surface area contributed by atoms with Crippen molar-refractivity contribution >= 4 is 44.4 Å². The average Bonchev–Trinajstić information content (AvgIpc) is 3.23. The molecule has 3 rings (SSSR count). The van der Waals surface area contributed by atoms with Crippen molar-refractivity contribution in [2.45, 2.75) is 13.8 Å². The predicted octanol–water partition coefficient (Wildman–Crippen LogP) is 4.60. The van der Waals surface area contributed by atoms with Gasteiger partial charge in [-0.05, 0) is 55.1 Å². The van der Waals surface area contributed by atoms with Gasteiger partial charge in [0, 0.05) is 31.3 Å². The van der Waals surface area contributed by atoms with E-state index >= 15 is 0 Å². The highest BCUT2D eigenvalue weighted by Gasteiger charge is 2.19. The number of hydrogen-bond acceptors (Lipinski definition) is 7. The number of carbonyl (C=O) groups is 1. The minimum Gasteiger partial charge on any atom is -0.497 e. The lowest BCUT2D eigenvalue weighted by molar-refractivity contribution is -0.384. The number of methoxy groups -OCH3 is 1. The molecule has 32 heavy (non-hydrogen) atoms. The smallest absolute Gasteiger partial charge is 0.269 e. The van der Waals surface area contributed by atoms with Crippen LogP contribution in [0.4, 0.5) is 10.8 Å². The van der Waals surface area contributed by atoms with Gasteiger partial charge in [-0.15, -0.1) is 0 Å². The largest absolute Gasteiger partial charge is 0.497 e. The number of thiazole rings is 1. The van der Waals surface area contributed by atoms with E-state index < -0.39 is 4.92 Å². The molecule has 0 fully saturated rings. The Kier molecular flexibility index (Phi) is 7.91. The maximum Gasteiger partial charge on any atom is 0.269 e. The fraction of sp³-hybridized carbons (Fsp3) is 0.304. The van der Waals surface area contributed by atoms with Crippen molar-refractivity contribution in [1.82, 2.24) is 9.88 Å². The number of nitro benzene ring substituents is 1. The quantitative estimate of drug-likeness (QED) is 0.253. The molecular weight excluding hydrogens is 428 g/mol. The monoisotopic (exact) mass is 454 g/mol. The minimum atomic E-state index is -0.449. The Bertz CT molecular complexity index is 1110. The van der Waals surface area contributed by atoms with Crippen molar-refractivity contribution in [1.29, 1.82) is 0 Å². The van der Waals surface area contributed by atoms with Gasteiger partial charge in [-0.2, -0.15) is 0 Å². The van der Waals surface area contributed by atoms with E-state index in [9.17, 15) is 14.9 Å². The molecule has 0 aliphatic carbocycles. The molecule has 8 nitrogen and oxygen atoms in total. The van der Waals surface area contributed by atoms with Gasteiger partial charge in [-0.1, -0.05) is 25.2 Å². The number of rotatable bonds is 10. The highest BCUT2D eigenvalue weighted by Crippen LogP contribution is 2.31. The van der Waals surface area contributed by atoms with E-state index in [1.807, 2.05) is 18.2 Å². The molecule has 168 valence electrons. The number of likely N-dealkylation sites (N-methyl/N-ethyl adjacent to an activating group) is 1. The van der Waals surface area contributed by atoms with E-state index in [1.165, 1.54) is 29.5 Å². The summed E-state index contributed by atoms with van der Waals surface area (Å²) in [7, 11) is 1.62. The molecule has 1 amide bonds. The Morgan fingerprint density at radius 2 is 1.88 bits per heavy atom. The van der Waals surface area contributed by atoms with Gasteiger partial charge in [0.2, 0.25) is 0 Å². The third-order valence-electron chi connectivity index (χ3n) is 5.14. The van der Waals surface area contributed by atoms with E-state index in [-0.39, 0.29) is 11.6 Å². The van der Waals surface area contributed by atoms with Crippen LogP contribution in [0.3, 0.4) is 0 Å². The molecule has 0 bridgehead atoms. The third kappa shape index (κ3) is 5.68. The van der Waals surface area contributed by atoms with Gasteiger partial charge in [-0.25, -0.2) is 4.98 Å². The van der Waals surface area contributed by atoms with Gasteiger partial charge < -0.3 is 9.64 Å². The Labute approximate surface area is 190 Å². The molecule has 0 aliphatic heterocycles. The zero-order chi connectivity index (χ0) is 23.1. The van der Waals surface area contributed by atoms with Crippen molar-refractivity contribution < 1.29 is 14.5 Å². The van der Waals surface area contributed by atoms with Crippen molar-refractivity contribution in [3.8, 4) is 5.75 Å². The van der Waals surface area contributed by atoms with E-state index in [0.717, 1.165) is 35.6 Å². The number of anilines is 1. The van der Waals surface area contributed by atoms with Gasteiger partial charge in [0.1, 0.15) is 5.75 Å². The Balaban J connectivity index is 1.85. The average molecular weight is 455 g/mol. The summed E-state index contributed by atoms with van der Waals surface area (Å²) in [5, 5.41) is 11.4. The number of benzene rings is 2. The molecule has 2 aromatic carbocycles. The third-order valence-corrected chi connectivity index (χ3v) is 6.18. The molecule has 0 radical (unpaired) electrons. The van der Waals surface area contributed by atoms with Crippen LogP contribution in [-0.4, -0.2) is 54.0 Å². The van der Waals surface area contributed by atoms with Crippen LogP contribution in [0.5, 0.6) is 5.75 Å². The minimum absolute atomic E-state index is 0.0132. The SMILES string of the molecule is CCN(CC)CCN(C(=O)/C=C\c1ccc([N+](=O)[O-])cc1)c1nc2ccc(OC)cc2s1. The molecule has 0 saturated carbocycles. The normalized spacial score (nSPS) is 11.4. The Morgan fingerprint density at radius 1 is 1.16 bits per heavy atom. The summed E-state index contributed by atoms with van der Waals surface area (Å²) in [4.78, 5) is 32.1. The summed E-state index contributed by atoms with van der Waals surface area (Å²) in [6.07, 6.45) is 3.14. The maximum atomic E-state index is 13.1. The highest BCUT2D eigenvalue weighted by atomic mass is 32.1. The summed E-state index contributed by atoms with van der Waals surface area (Å²) in [6.45, 7) is 7.20. The van der Waals surface area contributed by atoms with Gasteiger partial charge >= 0.3 is 0 Å². The molecule has 1 heterocycles. The highest BCUT2D eigenvalue weighted by molar-refractivity contribution is 7.22. The lowest BCUT2D eigenvalue weighted by Gasteiger charge is -2.23. The summed E-state index contributed by atoms with van der Waals surface area (Å²) in [5.41, 5.74) is 1.53. The number of nitrogens with zero attached hydrogens (tertiary/aromatic N) is 4. The first-order chi connectivity index (χ1) is 15.4. The second-order valence-electron chi connectivity index (χ2n) is 7.03. The fourth-order valence-corrected chi connectivity index (χ4v) is 4.21. The molecule has 0 aliphatic rings. The molecule has 0 atom stereocenters. The van der Waals surface area contributed by atoms with Crippen molar-refractivity contribution in [3.63, 3.8) is 0 Å². The molecule has 0 saturated heterocycles. The van der Waals surface area contributed by atoms with Crippen LogP contribution in [0.2, 0.25) is 0 Å². The number of ether oxygens (including phenoxy) is 1. The van der Waals surface area contributed by atoms with Crippen molar-refractivity contribution in [3.05, 3.63) is 64.2 Å². The van der Waals surface area contributed by atoms with E-state index in [1.54, 1.807) is 30.2 Å². The van der Waals surface area contributed by atoms with Crippen LogP contribution in [0, 0.1) is 10.1 Å². The lowest BCUT2D eigenvalue weighted by atomic mass is 10.2. The first-order valence-electron chi connectivity index (χ1n) is 10.4. The first kappa shape index (κ1) is 23.4. The summed E-state index contributed by atoms with van der Waals surface area (Å²) in [6, 6.07) is 11.7. The number of amides is 1. The van der Waals surface area contributed by atoms with Crippen molar-refractivity contribution in [2.75, 3.05) is 38.2 Å². The zero-order valence-corrected chi connectivity index (χ0v) is 19.2. The number of aromatic nitrogens is 1. The van der Waals surface area contributed by atoms with Gasteiger partial charge in [0.15, 0.2) is 5.13 Å². The molecule has 0 N–H and O–H groups in total. The number of carbonyl (C=O) groups excluding carboxylic acids is 1. The number of hydrogen-bond donors (Lipinski definition) is 0. The number of nitro groups is 1.